The highest BCUT2D eigenvalue weighted by Crippen LogP contribution is 2.57. The van der Waals surface area contributed by atoms with E-state index in [4.69, 9.17) is 20.9 Å². The molecule has 5 N–H and O–H groups in total. The first-order valence-electron chi connectivity index (χ1n) is 17.0. The number of fused-ring (bicyclic) bond motifs is 2. The van der Waals surface area contributed by atoms with Crippen molar-refractivity contribution in [2.75, 3.05) is 13.7 Å². The van der Waals surface area contributed by atoms with Crippen molar-refractivity contribution < 1.29 is 19.4 Å². The number of guanidine groups is 1. The second-order valence-electron chi connectivity index (χ2n) is 13.6. The van der Waals surface area contributed by atoms with Gasteiger partial charge in [-0.15, -0.1) is 0 Å². The number of carbonyl (C=O) groups is 1. The summed E-state index contributed by atoms with van der Waals surface area (Å²) in [5.74, 6) is 2.39. The molecular weight excluding hydrogens is 550 g/mol. The smallest absolute Gasteiger partial charge is 0.185 e. The molecule has 5 rings (SSSR count). The molecule has 1 aromatic rings. The van der Waals surface area contributed by atoms with Crippen molar-refractivity contribution in [2.24, 2.45) is 46.0 Å². The topological polar surface area (TPSA) is 120 Å². The third kappa shape index (κ3) is 7.42. The zero-order valence-corrected chi connectivity index (χ0v) is 26.9. The molecule has 4 aliphatic rings. The van der Waals surface area contributed by atoms with Crippen LogP contribution in [-0.4, -0.2) is 42.7 Å². The van der Waals surface area contributed by atoms with Gasteiger partial charge in [0.05, 0.1) is 12.2 Å². The lowest BCUT2D eigenvalue weighted by molar-refractivity contribution is -0.114. The van der Waals surface area contributed by atoms with Gasteiger partial charge in [0.25, 0.3) is 0 Å². The molecule has 2 saturated carbocycles. The summed E-state index contributed by atoms with van der Waals surface area (Å²) >= 11 is 0. The summed E-state index contributed by atoms with van der Waals surface area (Å²) in [6.45, 7) is 4.98. The largest absolute Gasteiger partial charge is 0.504 e. The van der Waals surface area contributed by atoms with Crippen molar-refractivity contribution in [3.05, 3.63) is 59.2 Å². The number of allylic oxidation sites excluding steroid dienone is 4. The lowest BCUT2D eigenvalue weighted by atomic mass is 9.55. The highest BCUT2D eigenvalue weighted by atomic mass is 16.5. The maximum absolute atomic E-state index is 12.7. The Hall–Kier alpha value is -3.06. The highest BCUT2D eigenvalue weighted by molar-refractivity contribution is 5.89. The van der Waals surface area contributed by atoms with Gasteiger partial charge in [-0.2, -0.15) is 0 Å². The van der Waals surface area contributed by atoms with Gasteiger partial charge in [-0.25, -0.2) is 0 Å². The first-order chi connectivity index (χ1) is 21.3. The van der Waals surface area contributed by atoms with E-state index in [9.17, 15) is 9.90 Å². The van der Waals surface area contributed by atoms with Gasteiger partial charge in [0.15, 0.2) is 23.2 Å². The summed E-state index contributed by atoms with van der Waals surface area (Å²) in [6, 6.07) is 4.15. The molecule has 7 heteroatoms. The van der Waals surface area contributed by atoms with Crippen molar-refractivity contribution in [1.82, 2.24) is 0 Å². The van der Waals surface area contributed by atoms with Gasteiger partial charge >= 0.3 is 0 Å². The van der Waals surface area contributed by atoms with Crippen LogP contribution in [0.15, 0.2) is 53.1 Å². The summed E-state index contributed by atoms with van der Waals surface area (Å²) < 4.78 is 12.7. The number of methoxy groups -OCH3 is 1. The Balaban J connectivity index is 1.58. The number of ether oxygens (including phenoxy) is 2. The SMILES string of the molecule is CCCC=CC(=O)CCc1cc(OC2CCCC2)c(O)c([C@H]2[C@@H]3[C@@H](C=C4CC[C@H](C)C[C@H]42)[C@@H](CN=C(N)N)C=C[C@H]3OC)c1. The van der Waals surface area contributed by atoms with Crippen LogP contribution in [0.5, 0.6) is 11.5 Å². The Morgan fingerprint density at radius 3 is 2.68 bits per heavy atom. The number of hydrogen-bond acceptors (Lipinski definition) is 5. The van der Waals surface area contributed by atoms with E-state index >= 15 is 0 Å². The van der Waals surface area contributed by atoms with Gasteiger partial charge in [0, 0.05) is 43.4 Å². The summed E-state index contributed by atoms with van der Waals surface area (Å²) in [7, 11) is 1.78. The molecular formula is C37H53N3O4. The van der Waals surface area contributed by atoms with E-state index in [0.29, 0.717) is 37.0 Å². The van der Waals surface area contributed by atoms with E-state index in [1.54, 1.807) is 13.2 Å². The summed E-state index contributed by atoms with van der Waals surface area (Å²) in [5.41, 5.74) is 15.0. The lowest BCUT2D eigenvalue weighted by Gasteiger charge is -2.51. The van der Waals surface area contributed by atoms with Crippen LogP contribution in [0.4, 0.5) is 0 Å². The number of carbonyl (C=O) groups excluding carboxylic acids is 1. The predicted octanol–water partition coefficient (Wildman–Crippen LogP) is 6.74. The minimum atomic E-state index is -0.108. The van der Waals surface area contributed by atoms with Gasteiger partial charge < -0.3 is 26.0 Å². The normalized spacial score (nSPS) is 30.1. The highest BCUT2D eigenvalue weighted by Gasteiger charge is 2.49. The Morgan fingerprint density at radius 1 is 1.16 bits per heavy atom. The molecule has 7 nitrogen and oxygen atoms in total. The lowest BCUT2D eigenvalue weighted by Crippen LogP contribution is -2.46. The number of aromatic hydroxyl groups is 1. The van der Waals surface area contributed by atoms with Gasteiger partial charge in [0.1, 0.15) is 0 Å². The molecule has 7 atom stereocenters. The molecule has 0 unspecified atom stereocenters. The number of unbranched alkanes of at least 4 members (excludes halogenated alkanes) is 1. The van der Waals surface area contributed by atoms with Gasteiger partial charge in [0.2, 0.25) is 0 Å². The molecule has 0 radical (unpaired) electrons. The third-order valence-electron chi connectivity index (χ3n) is 10.5. The number of ketones is 1. The minimum Gasteiger partial charge on any atom is -0.504 e. The standard InChI is InChI=1S/C37H53N3O4/c1-4-5-6-9-27(41)16-13-24-19-31(36(42)33(20-24)44-28-10-7-8-11-28)34-29-18-23(2)12-14-25(29)21-30-26(22-40-37(38)39)15-17-32(43-3)35(30)34/h6,9,15,17,19-21,23,26,28-30,32,34-35,42H,4-5,7-8,10-14,16,18,22H2,1-3H3,(H4,38,39,40)/t23-,26+,29+,30-,32+,34-,35+/m0/s1. The first kappa shape index (κ1) is 32.3. The van der Waals surface area contributed by atoms with Crippen LogP contribution in [0.2, 0.25) is 0 Å². The number of nitrogens with two attached hydrogens (primary N) is 2. The fourth-order valence-corrected chi connectivity index (χ4v) is 8.24. The van der Waals surface area contributed by atoms with Crippen LogP contribution in [0, 0.1) is 29.6 Å². The van der Waals surface area contributed by atoms with Crippen molar-refractivity contribution in [3.63, 3.8) is 0 Å². The molecule has 4 aliphatic carbocycles. The van der Waals surface area contributed by atoms with E-state index in [1.807, 2.05) is 12.1 Å². The number of hydrogen-bond donors (Lipinski definition) is 3. The number of aliphatic imine (C=N–C) groups is 1. The first-order valence-corrected chi connectivity index (χ1v) is 17.0. The van der Waals surface area contributed by atoms with Crippen LogP contribution < -0.4 is 16.2 Å². The second-order valence-corrected chi connectivity index (χ2v) is 13.6. The summed E-state index contributed by atoms with van der Waals surface area (Å²) in [4.78, 5) is 17.1. The molecule has 0 saturated heterocycles. The average Bonchev–Trinajstić information content (AvgIpc) is 3.52. The van der Waals surface area contributed by atoms with Crippen LogP contribution in [-0.2, 0) is 16.0 Å². The van der Waals surface area contributed by atoms with Gasteiger partial charge in [-0.1, -0.05) is 56.2 Å². The molecule has 1 aromatic carbocycles. The zero-order valence-electron chi connectivity index (χ0n) is 26.9. The quantitative estimate of drug-likeness (QED) is 0.105. The van der Waals surface area contributed by atoms with E-state index in [2.05, 4.69) is 43.1 Å². The van der Waals surface area contributed by atoms with Crippen LogP contribution in [0.25, 0.3) is 0 Å². The Morgan fingerprint density at radius 2 is 1.95 bits per heavy atom. The Bertz CT molecular complexity index is 1270. The van der Waals surface area contributed by atoms with Crippen LogP contribution in [0.3, 0.4) is 0 Å². The second kappa shape index (κ2) is 14.8. The molecule has 2 fully saturated rings. The van der Waals surface area contributed by atoms with Gasteiger partial charge in [-0.3, -0.25) is 9.79 Å². The molecule has 0 aliphatic heterocycles. The zero-order chi connectivity index (χ0) is 31.2. The number of phenols is 1. The monoisotopic (exact) mass is 603 g/mol. The van der Waals surface area contributed by atoms with Crippen molar-refractivity contribution in [1.29, 1.82) is 0 Å². The maximum Gasteiger partial charge on any atom is 0.185 e. The number of phenolic OH excluding ortho intramolecular Hbond substituents is 1. The van der Waals surface area contributed by atoms with Crippen LogP contribution in [0.1, 0.15) is 95.1 Å². The van der Waals surface area contributed by atoms with E-state index < -0.39 is 0 Å². The van der Waals surface area contributed by atoms with Gasteiger partial charge in [-0.05, 0) is 93.2 Å². The minimum absolute atomic E-state index is 0.0328. The fraction of sp³-hybridized carbons (Fsp3) is 0.622. The van der Waals surface area contributed by atoms with Crippen LogP contribution >= 0.6 is 0 Å². The Kier molecular flexibility index (Phi) is 10.9. The molecule has 44 heavy (non-hydrogen) atoms. The van der Waals surface area contributed by atoms with Crippen molar-refractivity contribution >= 4 is 11.7 Å². The number of rotatable bonds is 12. The summed E-state index contributed by atoms with van der Waals surface area (Å²) in [5, 5.41) is 12.1. The van der Waals surface area contributed by atoms with E-state index in [0.717, 1.165) is 62.5 Å². The molecule has 240 valence electrons. The van der Waals surface area contributed by atoms with E-state index in [-0.39, 0.29) is 53.4 Å². The molecule has 0 heterocycles. The van der Waals surface area contributed by atoms with Crippen molar-refractivity contribution in [3.8, 4) is 11.5 Å². The summed E-state index contributed by atoms with van der Waals surface area (Å²) in [6.07, 6.45) is 21.2. The fourth-order valence-electron chi connectivity index (χ4n) is 8.24. The number of nitrogens with zero attached hydrogens (tertiary/aromatic N) is 1. The van der Waals surface area contributed by atoms with Crippen molar-refractivity contribution in [2.45, 2.75) is 103 Å². The number of benzene rings is 1. The third-order valence-corrected chi connectivity index (χ3v) is 10.5. The Labute approximate surface area is 263 Å². The molecule has 0 amide bonds. The van der Waals surface area contributed by atoms with E-state index in [1.165, 1.54) is 12.0 Å². The molecule has 0 aromatic heterocycles. The average molecular weight is 604 g/mol. The predicted molar refractivity (Wildman–Crippen MR) is 177 cm³/mol. The molecule has 0 spiro atoms. The number of aryl methyl sites for hydroxylation is 1. The maximum atomic E-state index is 12.7. The molecule has 0 bridgehead atoms.